The Morgan fingerprint density at radius 1 is 1.47 bits per heavy atom. The van der Waals surface area contributed by atoms with Crippen LogP contribution in [0.2, 0.25) is 0 Å². The minimum absolute atomic E-state index is 0.121. The van der Waals surface area contributed by atoms with Crippen molar-refractivity contribution < 1.29 is 9.90 Å². The molecule has 0 amide bonds. The van der Waals surface area contributed by atoms with Crippen molar-refractivity contribution in [2.45, 2.75) is 46.1 Å². The Kier molecular flexibility index (Phi) is 2.16. The van der Waals surface area contributed by atoms with Crippen molar-refractivity contribution in [2.24, 2.45) is 28.4 Å². The van der Waals surface area contributed by atoms with E-state index in [4.69, 9.17) is 10.8 Å². The second-order valence-electron chi connectivity index (χ2n) is 6.08. The van der Waals surface area contributed by atoms with E-state index in [0.29, 0.717) is 5.92 Å². The highest BCUT2D eigenvalue weighted by Gasteiger charge is 2.63. The summed E-state index contributed by atoms with van der Waals surface area (Å²) in [5.74, 6) is -0.0220. The second-order valence-corrected chi connectivity index (χ2v) is 6.08. The molecule has 4 atom stereocenters. The molecule has 3 N–H and O–H groups in total. The average Bonchev–Trinajstić information content (AvgIpc) is 2.47. The van der Waals surface area contributed by atoms with Gasteiger partial charge in [0.1, 0.15) is 6.04 Å². The van der Waals surface area contributed by atoms with Crippen LogP contribution < -0.4 is 5.73 Å². The smallest absolute Gasteiger partial charge is 0.320 e. The number of carboxylic acids is 1. The summed E-state index contributed by atoms with van der Waals surface area (Å²) < 4.78 is 0. The van der Waals surface area contributed by atoms with Crippen LogP contribution in [0.15, 0.2) is 0 Å². The number of aliphatic carboxylic acids is 1. The van der Waals surface area contributed by atoms with Gasteiger partial charge in [0, 0.05) is 0 Å². The molecule has 0 aromatic carbocycles. The van der Waals surface area contributed by atoms with Gasteiger partial charge in [0.2, 0.25) is 0 Å². The summed E-state index contributed by atoms with van der Waals surface area (Å²) in [7, 11) is 0. The van der Waals surface area contributed by atoms with Gasteiger partial charge < -0.3 is 10.8 Å². The van der Waals surface area contributed by atoms with Crippen LogP contribution >= 0.6 is 0 Å². The molecule has 0 spiro atoms. The molecule has 0 radical (unpaired) electrons. The predicted octanol–water partition coefficient (Wildman–Crippen LogP) is 1.86. The molecule has 86 valence electrons. The topological polar surface area (TPSA) is 63.3 Å². The minimum atomic E-state index is -0.843. The molecular formula is C12H21NO2. The van der Waals surface area contributed by atoms with E-state index in [0.717, 1.165) is 12.8 Å². The van der Waals surface area contributed by atoms with Crippen molar-refractivity contribution >= 4 is 5.97 Å². The first-order valence-corrected chi connectivity index (χ1v) is 5.79. The van der Waals surface area contributed by atoms with Crippen LogP contribution in [0.1, 0.15) is 40.0 Å². The monoisotopic (exact) mass is 211 g/mol. The van der Waals surface area contributed by atoms with Crippen molar-refractivity contribution in [3.05, 3.63) is 0 Å². The number of carboxylic acid groups (broad SMARTS) is 1. The largest absolute Gasteiger partial charge is 0.480 e. The summed E-state index contributed by atoms with van der Waals surface area (Å²) in [6.07, 6.45) is 3.37. The number of hydrogen-bond donors (Lipinski definition) is 2. The number of hydrogen-bond acceptors (Lipinski definition) is 2. The van der Waals surface area contributed by atoms with Crippen LogP contribution in [-0.4, -0.2) is 17.1 Å². The maximum Gasteiger partial charge on any atom is 0.320 e. The van der Waals surface area contributed by atoms with Gasteiger partial charge in [0.15, 0.2) is 0 Å². The first-order chi connectivity index (χ1) is 6.80. The maximum atomic E-state index is 11.0. The highest BCUT2D eigenvalue weighted by Crippen LogP contribution is 2.68. The SMILES string of the molecule is CC1(C)[C@H]2CC[C@@]1(C)[C@H]([C@@H](N)C(=O)O)C2. The Bertz CT molecular complexity index is 300. The Labute approximate surface area is 91.0 Å². The zero-order chi connectivity index (χ0) is 11.4. The summed E-state index contributed by atoms with van der Waals surface area (Å²) >= 11 is 0. The zero-order valence-corrected chi connectivity index (χ0v) is 9.79. The highest BCUT2D eigenvalue weighted by atomic mass is 16.4. The molecule has 3 heteroatoms. The molecule has 0 aromatic rings. The van der Waals surface area contributed by atoms with E-state index in [1.54, 1.807) is 0 Å². The number of rotatable bonds is 2. The van der Waals surface area contributed by atoms with E-state index in [9.17, 15) is 4.79 Å². The minimum Gasteiger partial charge on any atom is -0.480 e. The van der Waals surface area contributed by atoms with Crippen LogP contribution in [0.25, 0.3) is 0 Å². The molecule has 0 unspecified atom stereocenters. The van der Waals surface area contributed by atoms with Crippen molar-refractivity contribution in [3.63, 3.8) is 0 Å². The van der Waals surface area contributed by atoms with Gasteiger partial charge >= 0.3 is 5.97 Å². The fraction of sp³-hybridized carbons (Fsp3) is 0.917. The summed E-state index contributed by atoms with van der Waals surface area (Å²) in [4.78, 5) is 11.0. The van der Waals surface area contributed by atoms with Crippen LogP contribution in [0.4, 0.5) is 0 Å². The van der Waals surface area contributed by atoms with E-state index in [1.165, 1.54) is 6.42 Å². The summed E-state index contributed by atoms with van der Waals surface area (Å²) in [6.45, 7) is 6.78. The van der Waals surface area contributed by atoms with Crippen LogP contribution in [-0.2, 0) is 4.79 Å². The summed E-state index contributed by atoms with van der Waals surface area (Å²) in [6, 6.07) is -0.681. The molecule has 0 heterocycles. The fourth-order valence-corrected chi connectivity index (χ4v) is 3.98. The first-order valence-electron chi connectivity index (χ1n) is 5.79. The van der Waals surface area contributed by atoms with Gasteiger partial charge in [-0.1, -0.05) is 20.8 Å². The Balaban J connectivity index is 2.30. The van der Waals surface area contributed by atoms with Gasteiger partial charge in [-0.25, -0.2) is 0 Å². The molecule has 3 nitrogen and oxygen atoms in total. The predicted molar refractivity (Wildman–Crippen MR) is 58.3 cm³/mol. The lowest BCUT2D eigenvalue weighted by Crippen LogP contribution is -2.46. The lowest BCUT2D eigenvalue weighted by atomic mass is 9.65. The van der Waals surface area contributed by atoms with E-state index in [-0.39, 0.29) is 16.7 Å². The van der Waals surface area contributed by atoms with Gasteiger partial charge in [-0.3, -0.25) is 4.79 Å². The number of nitrogens with two attached hydrogens (primary N) is 1. The maximum absolute atomic E-state index is 11.0. The molecular weight excluding hydrogens is 190 g/mol. The molecule has 2 rings (SSSR count). The quantitative estimate of drug-likeness (QED) is 0.732. The normalized spacial score (nSPS) is 44.3. The van der Waals surface area contributed by atoms with Gasteiger partial charge in [0.25, 0.3) is 0 Å². The van der Waals surface area contributed by atoms with Crippen molar-refractivity contribution in [3.8, 4) is 0 Å². The molecule has 0 saturated heterocycles. The van der Waals surface area contributed by atoms with E-state index < -0.39 is 12.0 Å². The van der Waals surface area contributed by atoms with E-state index >= 15 is 0 Å². The Morgan fingerprint density at radius 2 is 2.07 bits per heavy atom. The zero-order valence-electron chi connectivity index (χ0n) is 9.79. The molecule has 15 heavy (non-hydrogen) atoms. The molecule has 0 aromatic heterocycles. The van der Waals surface area contributed by atoms with E-state index in [1.807, 2.05) is 0 Å². The average molecular weight is 211 g/mol. The first kappa shape index (κ1) is 10.9. The van der Waals surface area contributed by atoms with Crippen LogP contribution in [0.5, 0.6) is 0 Å². The van der Waals surface area contributed by atoms with Gasteiger partial charge in [-0.15, -0.1) is 0 Å². The summed E-state index contributed by atoms with van der Waals surface area (Å²) in [5.41, 5.74) is 6.19. The molecule has 2 aliphatic rings. The third kappa shape index (κ3) is 1.19. The van der Waals surface area contributed by atoms with Crippen molar-refractivity contribution in [1.82, 2.24) is 0 Å². The fourth-order valence-electron chi connectivity index (χ4n) is 3.98. The third-order valence-corrected chi connectivity index (χ3v) is 5.58. The third-order valence-electron chi connectivity index (χ3n) is 5.58. The highest BCUT2D eigenvalue weighted by molar-refractivity contribution is 5.73. The number of carbonyl (C=O) groups is 1. The second kappa shape index (κ2) is 2.97. The van der Waals surface area contributed by atoms with Crippen molar-refractivity contribution in [1.29, 1.82) is 0 Å². The van der Waals surface area contributed by atoms with Gasteiger partial charge in [-0.2, -0.15) is 0 Å². The van der Waals surface area contributed by atoms with Crippen LogP contribution in [0.3, 0.4) is 0 Å². The number of fused-ring (bicyclic) bond motifs is 2. The van der Waals surface area contributed by atoms with Crippen LogP contribution in [0, 0.1) is 22.7 Å². The van der Waals surface area contributed by atoms with Gasteiger partial charge in [-0.05, 0) is 41.9 Å². The van der Waals surface area contributed by atoms with Gasteiger partial charge in [0.05, 0.1) is 0 Å². The molecule has 2 aliphatic carbocycles. The standard InChI is InChI=1S/C12H21NO2/c1-11(2)7-4-5-12(11,3)8(6-7)9(13)10(14)15/h7-9H,4-6,13H2,1-3H3,(H,14,15)/t7-,8-,9+,12-/m0/s1. The molecule has 0 aliphatic heterocycles. The van der Waals surface area contributed by atoms with E-state index in [2.05, 4.69) is 20.8 Å². The molecule has 2 bridgehead atoms. The Hall–Kier alpha value is -0.570. The lowest BCUT2D eigenvalue weighted by Gasteiger charge is -2.40. The Morgan fingerprint density at radius 3 is 2.40 bits per heavy atom. The summed E-state index contributed by atoms with van der Waals surface area (Å²) in [5, 5.41) is 9.03. The lowest BCUT2D eigenvalue weighted by molar-refractivity contribution is -0.141. The molecule has 2 saturated carbocycles. The van der Waals surface area contributed by atoms with Crippen molar-refractivity contribution in [2.75, 3.05) is 0 Å². The molecule has 2 fully saturated rings.